The predicted octanol–water partition coefficient (Wildman–Crippen LogP) is 8.61. The Kier molecular flexibility index (Phi) is 10.9. The van der Waals surface area contributed by atoms with Crippen LogP contribution in [0.3, 0.4) is 0 Å². The maximum atomic E-state index is 12.1. The minimum atomic E-state index is -1.82. The van der Waals surface area contributed by atoms with Gasteiger partial charge in [-0.2, -0.15) is 0 Å². The molecule has 0 radical (unpaired) electrons. The number of fused-ring (bicyclic) bond motifs is 3. The fraction of sp³-hybridized carbons (Fsp3) is 0.366. The number of hydrogen-bond donors (Lipinski definition) is 3. The summed E-state index contributed by atoms with van der Waals surface area (Å²) in [5.41, 5.74) is 6.10. The first-order chi connectivity index (χ1) is 23.4. The molecule has 5 aromatic rings. The van der Waals surface area contributed by atoms with Crippen molar-refractivity contribution in [2.24, 2.45) is 0 Å². The number of aliphatic hydroxyl groups is 1. The molecule has 0 saturated heterocycles. The van der Waals surface area contributed by atoms with E-state index in [4.69, 9.17) is 19.8 Å². The van der Waals surface area contributed by atoms with Crippen LogP contribution in [0.1, 0.15) is 64.2 Å². The van der Waals surface area contributed by atoms with Crippen LogP contribution in [0.15, 0.2) is 97.1 Å². The molecule has 0 spiro atoms. The highest BCUT2D eigenvalue weighted by Crippen LogP contribution is 2.43. The van der Waals surface area contributed by atoms with Crippen LogP contribution in [0.5, 0.6) is 0 Å². The number of carboxylic acid groups (broad SMARTS) is 2. The molecule has 1 heterocycles. The van der Waals surface area contributed by atoms with Crippen molar-refractivity contribution in [3.8, 4) is 22.4 Å². The van der Waals surface area contributed by atoms with Crippen LogP contribution < -0.4 is 0 Å². The topological polar surface area (TPSA) is 103 Å². The van der Waals surface area contributed by atoms with Crippen molar-refractivity contribution in [3.05, 3.63) is 97.1 Å². The van der Waals surface area contributed by atoms with E-state index in [1.807, 2.05) is 0 Å². The molecule has 7 nitrogen and oxygen atoms in total. The van der Waals surface area contributed by atoms with Crippen LogP contribution in [0.4, 0.5) is 0 Å². The maximum absolute atomic E-state index is 12.1. The third-order valence-electron chi connectivity index (χ3n) is 10.1. The molecule has 2 saturated carbocycles. The molecule has 0 bridgehead atoms. The molecular weight excluding hydrogens is 600 g/mol. The lowest BCUT2D eigenvalue weighted by molar-refractivity contribution is -0.159. The standard InChI is InChI=1S/C39H44N2O.C2H2O4/c42-34(27-40(32-20-9-3-10-21-32)33-22-11-4-12-23-33)28-41-38(31-18-7-2-8-19-31)37(30-16-5-1-6-17-30)36-26-25-29-15-13-14-24-35(29)39(36)41;3-1(4)2(5)6/h1-2,5-8,13-19,24-26,32-34,42H,3-4,9-12,20-23,27-28H2;(H,3,4)(H,5,6). The van der Waals surface area contributed by atoms with E-state index >= 15 is 0 Å². The molecule has 48 heavy (non-hydrogen) atoms. The summed E-state index contributed by atoms with van der Waals surface area (Å²) in [6, 6.07) is 36.1. The van der Waals surface area contributed by atoms with Crippen molar-refractivity contribution in [3.63, 3.8) is 0 Å². The fourth-order valence-electron chi connectivity index (χ4n) is 8.03. The summed E-state index contributed by atoms with van der Waals surface area (Å²) in [4.78, 5) is 21.0. The Morgan fingerprint density at radius 1 is 0.646 bits per heavy atom. The molecule has 1 aromatic heterocycles. The summed E-state index contributed by atoms with van der Waals surface area (Å²) in [6.07, 6.45) is 12.7. The van der Waals surface area contributed by atoms with E-state index in [0.717, 1.165) is 6.54 Å². The van der Waals surface area contributed by atoms with E-state index in [1.54, 1.807) is 0 Å². The summed E-state index contributed by atoms with van der Waals surface area (Å²) in [5, 5.41) is 30.6. The SMILES string of the molecule is O=C(O)C(=O)O.OC(CN(C1CCCCC1)C1CCCCC1)Cn1c(-c2ccccc2)c(-c2ccccc2)c2ccc3ccccc3c21. The van der Waals surface area contributed by atoms with Gasteiger partial charge < -0.3 is 19.9 Å². The molecule has 0 amide bonds. The van der Waals surface area contributed by atoms with Gasteiger partial charge in [0.2, 0.25) is 0 Å². The second-order valence-electron chi connectivity index (χ2n) is 13.3. The van der Waals surface area contributed by atoms with Crippen LogP contribution in [-0.2, 0) is 16.1 Å². The molecule has 3 N–H and O–H groups in total. The molecule has 7 rings (SSSR count). The van der Waals surface area contributed by atoms with Gasteiger partial charge in [0.1, 0.15) is 0 Å². The normalized spacial score (nSPS) is 16.5. The van der Waals surface area contributed by atoms with E-state index in [0.29, 0.717) is 18.6 Å². The van der Waals surface area contributed by atoms with E-state index in [-0.39, 0.29) is 0 Å². The Morgan fingerprint density at radius 2 is 1.17 bits per heavy atom. The highest BCUT2D eigenvalue weighted by Gasteiger charge is 2.31. The molecule has 2 fully saturated rings. The molecule has 4 aromatic carbocycles. The molecule has 1 atom stereocenters. The fourth-order valence-corrected chi connectivity index (χ4v) is 8.03. The molecule has 2 aliphatic rings. The highest BCUT2D eigenvalue weighted by atomic mass is 16.4. The van der Waals surface area contributed by atoms with E-state index in [9.17, 15) is 5.11 Å². The minimum Gasteiger partial charge on any atom is -0.473 e. The minimum absolute atomic E-state index is 0.450. The second kappa shape index (κ2) is 15.6. The third kappa shape index (κ3) is 7.48. The molecule has 250 valence electrons. The first kappa shape index (κ1) is 33.4. The van der Waals surface area contributed by atoms with Gasteiger partial charge in [0.15, 0.2) is 0 Å². The second-order valence-corrected chi connectivity index (χ2v) is 13.3. The first-order valence-electron chi connectivity index (χ1n) is 17.5. The van der Waals surface area contributed by atoms with Gasteiger partial charge in [-0.25, -0.2) is 9.59 Å². The Bertz CT molecular complexity index is 1790. The Hall–Kier alpha value is -4.46. The quantitative estimate of drug-likeness (QED) is 0.146. The van der Waals surface area contributed by atoms with Crippen molar-refractivity contribution in [1.29, 1.82) is 0 Å². The summed E-state index contributed by atoms with van der Waals surface area (Å²) in [5.74, 6) is -3.65. The third-order valence-corrected chi connectivity index (χ3v) is 10.1. The number of nitrogens with zero attached hydrogens (tertiary/aromatic N) is 2. The Labute approximate surface area is 282 Å². The largest absolute Gasteiger partial charge is 0.473 e. The molecule has 1 unspecified atom stereocenters. The molecule has 7 heteroatoms. The Morgan fingerprint density at radius 3 is 1.73 bits per heavy atom. The number of hydrogen-bond acceptors (Lipinski definition) is 4. The highest BCUT2D eigenvalue weighted by molar-refractivity contribution is 6.27. The molecular formula is C41H46N2O5. The predicted molar refractivity (Wildman–Crippen MR) is 192 cm³/mol. The van der Waals surface area contributed by atoms with Crippen LogP contribution in [0.2, 0.25) is 0 Å². The van der Waals surface area contributed by atoms with Crippen molar-refractivity contribution in [2.75, 3.05) is 6.54 Å². The smallest absolute Gasteiger partial charge is 0.414 e. The number of benzene rings is 4. The lowest BCUT2D eigenvalue weighted by Crippen LogP contribution is -2.49. The maximum Gasteiger partial charge on any atom is 0.414 e. The molecule has 2 aliphatic carbocycles. The number of carboxylic acids is 2. The van der Waals surface area contributed by atoms with Gasteiger partial charge >= 0.3 is 11.9 Å². The van der Waals surface area contributed by atoms with Gasteiger partial charge in [0.05, 0.1) is 23.9 Å². The summed E-state index contributed by atoms with van der Waals surface area (Å²) >= 11 is 0. The van der Waals surface area contributed by atoms with Crippen LogP contribution in [0.25, 0.3) is 44.1 Å². The zero-order chi connectivity index (χ0) is 33.5. The average Bonchev–Trinajstić information content (AvgIpc) is 3.46. The zero-order valence-electron chi connectivity index (χ0n) is 27.5. The zero-order valence-corrected chi connectivity index (χ0v) is 27.5. The van der Waals surface area contributed by atoms with Crippen molar-refractivity contribution >= 4 is 33.6 Å². The van der Waals surface area contributed by atoms with E-state index in [1.165, 1.54) is 108 Å². The summed E-state index contributed by atoms with van der Waals surface area (Å²) in [6.45, 7) is 1.34. The Balaban J connectivity index is 0.000000615. The summed E-state index contributed by atoms with van der Waals surface area (Å²) in [7, 11) is 0. The van der Waals surface area contributed by atoms with E-state index < -0.39 is 18.0 Å². The number of aromatic nitrogens is 1. The van der Waals surface area contributed by atoms with Crippen LogP contribution >= 0.6 is 0 Å². The number of aliphatic carboxylic acids is 2. The van der Waals surface area contributed by atoms with Crippen molar-refractivity contribution in [2.45, 2.75) is 88.9 Å². The van der Waals surface area contributed by atoms with Crippen LogP contribution in [0, 0.1) is 0 Å². The van der Waals surface area contributed by atoms with Gasteiger partial charge in [-0.1, -0.05) is 136 Å². The molecule has 0 aliphatic heterocycles. The van der Waals surface area contributed by atoms with Gasteiger partial charge in [0.25, 0.3) is 0 Å². The van der Waals surface area contributed by atoms with Crippen LogP contribution in [-0.4, -0.2) is 61.5 Å². The van der Waals surface area contributed by atoms with Crippen molar-refractivity contribution < 1.29 is 24.9 Å². The van der Waals surface area contributed by atoms with Gasteiger partial charge in [-0.05, 0) is 42.2 Å². The average molecular weight is 647 g/mol. The summed E-state index contributed by atoms with van der Waals surface area (Å²) < 4.78 is 2.46. The van der Waals surface area contributed by atoms with Gasteiger partial charge in [-0.3, -0.25) is 4.90 Å². The van der Waals surface area contributed by atoms with Gasteiger partial charge in [-0.15, -0.1) is 0 Å². The number of carbonyl (C=O) groups is 2. The monoisotopic (exact) mass is 646 g/mol. The lowest BCUT2D eigenvalue weighted by atomic mass is 9.88. The van der Waals surface area contributed by atoms with Gasteiger partial charge in [0, 0.05) is 35.0 Å². The lowest BCUT2D eigenvalue weighted by Gasteiger charge is -2.42. The number of rotatable bonds is 8. The number of aliphatic hydroxyl groups excluding tert-OH is 1. The first-order valence-corrected chi connectivity index (χ1v) is 17.5. The van der Waals surface area contributed by atoms with E-state index in [2.05, 4.69) is 107 Å². The van der Waals surface area contributed by atoms with Crippen molar-refractivity contribution in [1.82, 2.24) is 9.47 Å².